The standard InChI is InChI=1S/C25H28N2O5S/c1-5-30-20-13-9-19(10-14-20)27-24(29)22(26-25(27)33-16-23(28)31-6-2)15-18-7-11-21(12-8-18)32-17(3)4/h7-15,17H,5-6,16H2,1-4H3. The Morgan fingerprint density at radius 1 is 1.03 bits per heavy atom. The van der Waals surface area contributed by atoms with E-state index in [0.717, 1.165) is 11.3 Å². The van der Waals surface area contributed by atoms with E-state index in [9.17, 15) is 9.59 Å². The van der Waals surface area contributed by atoms with Crippen molar-refractivity contribution in [2.45, 2.75) is 33.8 Å². The number of hydrogen-bond acceptors (Lipinski definition) is 7. The highest BCUT2D eigenvalue weighted by Gasteiger charge is 2.32. The molecule has 1 heterocycles. The van der Waals surface area contributed by atoms with Gasteiger partial charge in [0.2, 0.25) is 0 Å². The number of esters is 1. The zero-order valence-electron chi connectivity index (χ0n) is 19.2. The summed E-state index contributed by atoms with van der Waals surface area (Å²) in [4.78, 5) is 31.2. The van der Waals surface area contributed by atoms with Crippen LogP contribution in [0.5, 0.6) is 11.5 Å². The second kappa shape index (κ2) is 11.6. The van der Waals surface area contributed by atoms with E-state index in [2.05, 4.69) is 4.99 Å². The van der Waals surface area contributed by atoms with Gasteiger partial charge in [-0.25, -0.2) is 4.99 Å². The molecule has 2 aromatic carbocycles. The van der Waals surface area contributed by atoms with Crippen molar-refractivity contribution < 1.29 is 23.8 Å². The minimum absolute atomic E-state index is 0.0575. The third-order valence-electron chi connectivity index (χ3n) is 4.42. The summed E-state index contributed by atoms with van der Waals surface area (Å²) < 4.78 is 16.2. The fourth-order valence-corrected chi connectivity index (χ4v) is 3.89. The molecule has 0 bridgehead atoms. The Bertz CT molecular complexity index is 1030. The highest BCUT2D eigenvalue weighted by atomic mass is 32.2. The third kappa shape index (κ3) is 6.61. The summed E-state index contributed by atoms with van der Waals surface area (Å²) in [6.07, 6.45) is 1.80. The quantitative estimate of drug-likeness (QED) is 0.384. The number of hydrogen-bond donors (Lipinski definition) is 0. The lowest BCUT2D eigenvalue weighted by Gasteiger charge is -2.18. The van der Waals surface area contributed by atoms with E-state index in [0.29, 0.717) is 29.8 Å². The molecule has 3 rings (SSSR count). The Hall–Kier alpha value is -3.26. The van der Waals surface area contributed by atoms with E-state index in [-0.39, 0.29) is 29.4 Å². The van der Waals surface area contributed by atoms with E-state index in [1.54, 1.807) is 37.3 Å². The average molecular weight is 469 g/mol. The Labute approximate surface area is 198 Å². The van der Waals surface area contributed by atoms with Crippen molar-refractivity contribution in [1.82, 2.24) is 0 Å². The van der Waals surface area contributed by atoms with E-state index >= 15 is 0 Å². The van der Waals surface area contributed by atoms with Gasteiger partial charge in [-0.3, -0.25) is 14.5 Å². The van der Waals surface area contributed by atoms with Gasteiger partial charge in [0.15, 0.2) is 5.17 Å². The van der Waals surface area contributed by atoms with Gasteiger partial charge in [-0.05, 0) is 75.7 Å². The number of amides is 1. The van der Waals surface area contributed by atoms with Gasteiger partial charge in [0.1, 0.15) is 17.2 Å². The first kappa shape index (κ1) is 24.4. The predicted molar refractivity (Wildman–Crippen MR) is 132 cm³/mol. The van der Waals surface area contributed by atoms with Gasteiger partial charge in [-0.15, -0.1) is 0 Å². The number of carbonyl (C=O) groups excluding carboxylic acids is 2. The molecule has 1 aliphatic rings. The molecular formula is C25H28N2O5S. The molecular weight excluding hydrogens is 440 g/mol. The molecule has 0 radical (unpaired) electrons. The summed E-state index contributed by atoms with van der Waals surface area (Å²) in [6, 6.07) is 14.7. The lowest BCUT2D eigenvalue weighted by atomic mass is 10.2. The second-order valence-electron chi connectivity index (χ2n) is 7.32. The zero-order chi connectivity index (χ0) is 23.8. The fraction of sp³-hybridized carbons (Fsp3) is 0.320. The summed E-state index contributed by atoms with van der Waals surface area (Å²) >= 11 is 1.17. The fourth-order valence-electron chi connectivity index (χ4n) is 3.08. The van der Waals surface area contributed by atoms with Gasteiger partial charge >= 0.3 is 5.97 Å². The van der Waals surface area contributed by atoms with Gasteiger partial charge in [-0.2, -0.15) is 0 Å². The molecule has 7 nitrogen and oxygen atoms in total. The highest BCUT2D eigenvalue weighted by molar-refractivity contribution is 8.14. The molecule has 8 heteroatoms. The summed E-state index contributed by atoms with van der Waals surface area (Å²) in [6.45, 7) is 8.45. The van der Waals surface area contributed by atoms with Crippen LogP contribution in [0, 0.1) is 0 Å². The largest absolute Gasteiger partial charge is 0.494 e. The van der Waals surface area contributed by atoms with E-state index < -0.39 is 0 Å². The molecule has 0 N–H and O–H groups in total. The van der Waals surface area contributed by atoms with E-state index in [1.807, 2.05) is 45.0 Å². The molecule has 1 amide bonds. The molecule has 0 aromatic heterocycles. The van der Waals surface area contributed by atoms with Crippen LogP contribution in [-0.4, -0.2) is 42.1 Å². The van der Waals surface area contributed by atoms with Crippen molar-refractivity contribution >= 4 is 40.6 Å². The summed E-state index contributed by atoms with van der Waals surface area (Å²) in [5.74, 6) is 0.901. The maximum atomic E-state index is 13.3. The maximum Gasteiger partial charge on any atom is 0.316 e. The lowest BCUT2D eigenvalue weighted by molar-refractivity contribution is -0.139. The Morgan fingerprint density at radius 3 is 2.30 bits per heavy atom. The number of anilines is 1. The van der Waals surface area contributed by atoms with E-state index in [1.165, 1.54) is 16.7 Å². The van der Waals surface area contributed by atoms with Crippen LogP contribution >= 0.6 is 11.8 Å². The molecule has 174 valence electrons. The van der Waals surface area contributed by atoms with Crippen LogP contribution in [0.15, 0.2) is 59.2 Å². The van der Waals surface area contributed by atoms with Crippen molar-refractivity contribution in [2.75, 3.05) is 23.9 Å². The number of thioether (sulfide) groups is 1. The van der Waals surface area contributed by atoms with Gasteiger partial charge in [0, 0.05) is 0 Å². The first-order valence-corrected chi connectivity index (χ1v) is 11.8. The monoisotopic (exact) mass is 468 g/mol. The molecule has 0 saturated carbocycles. The Balaban J connectivity index is 1.87. The first-order chi connectivity index (χ1) is 15.9. The smallest absolute Gasteiger partial charge is 0.316 e. The summed E-state index contributed by atoms with van der Waals surface area (Å²) in [5, 5.41) is 0.420. The molecule has 1 aliphatic heterocycles. The van der Waals surface area contributed by atoms with Gasteiger partial charge < -0.3 is 14.2 Å². The van der Waals surface area contributed by atoms with Crippen LogP contribution in [0.2, 0.25) is 0 Å². The molecule has 0 saturated heterocycles. The normalized spacial score (nSPS) is 14.6. The van der Waals surface area contributed by atoms with E-state index in [4.69, 9.17) is 14.2 Å². The van der Waals surface area contributed by atoms with Crippen LogP contribution in [0.1, 0.15) is 33.3 Å². The average Bonchev–Trinajstić information content (AvgIpc) is 3.09. The topological polar surface area (TPSA) is 77.4 Å². The van der Waals surface area contributed by atoms with Crippen LogP contribution < -0.4 is 14.4 Å². The number of carbonyl (C=O) groups is 2. The number of amidine groups is 1. The SMILES string of the molecule is CCOC(=O)CSC1=NC(=Cc2ccc(OC(C)C)cc2)C(=O)N1c1ccc(OCC)cc1. The minimum Gasteiger partial charge on any atom is -0.494 e. The lowest BCUT2D eigenvalue weighted by Crippen LogP contribution is -2.30. The van der Waals surface area contributed by atoms with Crippen LogP contribution in [0.3, 0.4) is 0 Å². The highest BCUT2D eigenvalue weighted by Crippen LogP contribution is 2.31. The van der Waals surface area contributed by atoms with Crippen LogP contribution in [0.25, 0.3) is 6.08 Å². The van der Waals surface area contributed by atoms with Gasteiger partial charge in [0.05, 0.1) is 30.8 Å². The van der Waals surface area contributed by atoms with Gasteiger partial charge in [-0.1, -0.05) is 23.9 Å². The summed E-state index contributed by atoms with van der Waals surface area (Å²) in [7, 11) is 0. The maximum absolute atomic E-state index is 13.3. The van der Waals surface area contributed by atoms with Crippen molar-refractivity contribution in [3.63, 3.8) is 0 Å². The Kier molecular flexibility index (Phi) is 8.54. The number of ether oxygens (including phenoxy) is 3. The first-order valence-electron chi connectivity index (χ1n) is 10.8. The molecule has 33 heavy (non-hydrogen) atoms. The third-order valence-corrected chi connectivity index (χ3v) is 5.33. The number of benzene rings is 2. The Morgan fingerprint density at radius 2 is 1.70 bits per heavy atom. The number of nitrogens with zero attached hydrogens (tertiary/aromatic N) is 2. The predicted octanol–water partition coefficient (Wildman–Crippen LogP) is 4.91. The van der Waals surface area contributed by atoms with Crippen molar-refractivity contribution in [2.24, 2.45) is 4.99 Å². The van der Waals surface area contributed by atoms with Crippen LogP contribution in [-0.2, 0) is 14.3 Å². The molecule has 0 spiro atoms. The molecule has 0 unspecified atom stereocenters. The molecule has 0 atom stereocenters. The molecule has 0 fully saturated rings. The zero-order valence-corrected chi connectivity index (χ0v) is 20.1. The second-order valence-corrected chi connectivity index (χ2v) is 8.26. The number of aliphatic imine (C=N–C) groups is 1. The van der Waals surface area contributed by atoms with Crippen molar-refractivity contribution in [3.05, 3.63) is 59.8 Å². The van der Waals surface area contributed by atoms with Crippen molar-refractivity contribution in [3.8, 4) is 11.5 Å². The van der Waals surface area contributed by atoms with Crippen LogP contribution in [0.4, 0.5) is 5.69 Å². The number of rotatable bonds is 9. The molecule has 0 aliphatic carbocycles. The van der Waals surface area contributed by atoms with Gasteiger partial charge in [0.25, 0.3) is 5.91 Å². The minimum atomic E-state index is -0.359. The summed E-state index contributed by atoms with van der Waals surface area (Å²) in [5.41, 5.74) is 1.75. The van der Waals surface area contributed by atoms with Crippen molar-refractivity contribution in [1.29, 1.82) is 0 Å². The molecule has 2 aromatic rings.